The Kier molecular flexibility index (Phi) is 6.98. The third-order valence-electron chi connectivity index (χ3n) is 7.29. The van der Waals surface area contributed by atoms with Crippen LogP contribution in [0.2, 0.25) is 5.02 Å². The zero-order valence-corrected chi connectivity index (χ0v) is 21.4. The van der Waals surface area contributed by atoms with Crippen molar-refractivity contribution in [3.05, 3.63) is 65.7 Å². The molecule has 0 atom stereocenters. The van der Waals surface area contributed by atoms with E-state index in [2.05, 4.69) is 33.2 Å². The summed E-state index contributed by atoms with van der Waals surface area (Å²) in [7, 11) is 0. The number of anilines is 2. The minimum atomic E-state index is -0.409. The fourth-order valence-corrected chi connectivity index (χ4v) is 5.63. The quantitative estimate of drug-likeness (QED) is 0.282. The number of halogens is 2. The SMILES string of the molecule is Fc1cc(Cl)cc(Nc2ncc3c(-c4ccc(OC5CCOCC5)cc4)cn(C4CCCCC4)c3n2)c1. The van der Waals surface area contributed by atoms with E-state index in [9.17, 15) is 4.39 Å². The number of benzene rings is 2. The molecule has 2 aliphatic rings. The van der Waals surface area contributed by atoms with E-state index in [1.54, 1.807) is 6.07 Å². The van der Waals surface area contributed by atoms with Crippen LogP contribution in [0.1, 0.15) is 51.0 Å². The van der Waals surface area contributed by atoms with Gasteiger partial charge in [-0.1, -0.05) is 43.0 Å². The third-order valence-corrected chi connectivity index (χ3v) is 7.51. The second kappa shape index (κ2) is 10.7. The summed E-state index contributed by atoms with van der Waals surface area (Å²) in [4.78, 5) is 9.45. The van der Waals surface area contributed by atoms with E-state index in [1.807, 2.05) is 18.3 Å². The summed E-state index contributed by atoms with van der Waals surface area (Å²) in [5.41, 5.74) is 3.59. The van der Waals surface area contributed by atoms with Crippen LogP contribution in [-0.2, 0) is 4.74 Å². The molecule has 1 saturated heterocycles. The van der Waals surface area contributed by atoms with Gasteiger partial charge in [0.15, 0.2) is 0 Å². The van der Waals surface area contributed by atoms with Gasteiger partial charge in [-0.15, -0.1) is 0 Å². The highest BCUT2D eigenvalue weighted by atomic mass is 35.5. The molecule has 6 nitrogen and oxygen atoms in total. The van der Waals surface area contributed by atoms with Crippen LogP contribution in [-0.4, -0.2) is 33.9 Å². The molecule has 1 aliphatic carbocycles. The van der Waals surface area contributed by atoms with Gasteiger partial charge in [-0.05, 0) is 48.7 Å². The Morgan fingerprint density at radius 3 is 2.54 bits per heavy atom. The Labute approximate surface area is 220 Å². The highest BCUT2D eigenvalue weighted by molar-refractivity contribution is 6.30. The van der Waals surface area contributed by atoms with Crippen molar-refractivity contribution < 1.29 is 13.9 Å². The van der Waals surface area contributed by atoms with Crippen LogP contribution in [0.5, 0.6) is 5.75 Å². The smallest absolute Gasteiger partial charge is 0.229 e. The number of ether oxygens (including phenoxy) is 2. The van der Waals surface area contributed by atoms with Crippen LogP contribution < -0.4 is 10.1 Å². The van der Waals surface area contributed by atoms with E-state index in [-0.39, 0.29) is 6.10 Å². The second-order valence-electron chi connectivity index (χ2n) is 9.91. The predicted molar refractivity (Wildman–Crippen MR) is 144 cm³/mol. The van der Waals surface area contributed by atoms with Crippen molar-refractivity contribution in [3.8, 4) is 16.9 Å². The van der Waals surface area contributed by atoms with Gasteiger partial charge < -0.3 is 19.4 Å². The lowest BCUT2D eigenvalue weighted by molar-refractivity contribution is 0.0256. The molecule has 8 heteroatoms. The summed E-state index contributed by atoms with van der Waals surface area (Å²) in [5.74, 6) is 0.882. The van der Waals surface area contributed by atoms with Gasteiger partial charge in [-0.2, -0.15) is 4.98 Å². The summed E-state index contributed by atoms with van der Waals surface area (Å²) in [5, 5.41) is 4.43. The molecule has 0 unspecified atom stereocenters. The third kappa shape index (κ3) is 5.43. The van der Waals surface area contributed by atoms with Crippen molar-refractivity contribution in [1.82, 2.24) is 14.5 Å². The van der Waals surface area contributed by atoms with Crippen LogP contribution in [0.4, 0.5) is 16.0 Å². The molecule has 3 heterocycles. The maximum Gasteiger partial charge on any atom is 0.229 e. The Morgan fingerprint density at radius 1 is 1.00 bits per heavy atom. The molecule has 1 aliphatic heterocycles. The van der Waals surface area contributed by atoms with Crippen molar-refractivity contribution >= 4 is 34.3 Å². The van der Waals surface area contributed by atoms with Crippen molar-refractivity contribution in [1.29, 1.82) is 0 Å². The molecule has 0 spiro atoms. The summed E-state index contributed by atoms with van der Waals surface area (Å²) in [6.07, 6.45) is 12.1. The Bertz CT molecular complexity index is 1360. The topological polar surface area (TPSA) is 61.2 Å². The summed E-state index contributed by atoms with van der Waals surface area (Å²) in [6, 6.07) is 13.0. The fraction of sp³-hybridized carbons (Fsp3) is 0.379. The molecule has 4 aromatic rings. The van der Waals surface area contributed by atoms with E-state index in [0.717, 1.165) is 66.8 Å². The Morgan fingerprint density at radius 2 is 1.78 bits per heavy atom. The van der Waals surface area contributed by atoms with Crippen molar-refractivity contribution in [2.45, 2.75) is 57.1 Å². The molecular formula is C29H30ClFN4O2. The first-order valence-corrected chi connectivity index (χ1v) is 13.5. The molecule has 0 amide bonds. The van der Waals surface area contributed by atoms with Gasteiger partial charge in [0.25, 0.3) is 0 Å². The van der Waals surface area contributed by atoms with Crippen molar-refractivity contribution in [2.24, 2.45) is 0 Å². The average molecular weight is 521 g/mol. The molecule has 192 valence electrons. The lowest BCUT2D eigenvalue weighted by Gasteiger charge is -2.23. The molecule has 37 heavy (non-hydrogen) atoms. The zero-order valence-electron chi connectivity index (χ0n) is 20.6. The maximum atomic E-state index is 13.9. The monoisotopic (exact) mass is 520 g/mol. The molecule has 0 bridgehead atoms. The first-order valence-electron chi connectivity index (χ1n) is 13.1. The van der Waals surface area contributed by atoms with Gasteiger partial charge >= 0.3 is 0 Å². The van der Waals surface area contributed by atoms with E-state index in [4.69, 9.17) is 26.1 Å². The van der Waals surface area contributed by atoms with Gasteiger partial charge in [0.1, 0.15) is 23.3 Å². The number of aromatic nitrogens is 3. The lowest BCUT2D eigenvalue weighted by atomic mass is 9.95. The van der Waals surface area contributed by atoms with Crippen LogP contribution in [0, 0.1) is 5.82 Å². The van der Waals surface area contributed by atoms with E-state index >= 15 is 0 Å². The van der Waals surface area contributed by atoms with Gasteiger partial charge in [-0.3, -0.25) is 0 Å². The second-order valence-corrected chi connectivity index (χ2v) is 10.3. The normalized spacial score (nSPS) is 17.2. The number of hydrogen-bond donors (Lipinski definition) is 1. The first kappa shape index (κ1) is 24.2. The van der Waals surface area contributed by atoms with Crippen LogP contribution in [0.25, 0.3) is 22.2 Å². The van der Waals surface area contributed by atoms with Gasteiger partial charge in [0.2, 0.25) is 5.95 Å². The number of hydrogen-bond acceptors (Lipinski definition) is 5. The molecular weight excluding hydrogens is 491 g/mol. The summed E-state index contributed by atoms with van der Waals surface area (Å²) in [6.45, 7) is 1.51. The van der Waals surface area contributed by atoms with Gasteiger partial charge in [0, 0.05) is 52.9 Å². The van der Waals surface area contributed by atoms with E-state index in [1.165, 1.54) is 31.4 Å². The molecule has 2 fully saturated rings. The van der Waals surface area contributed by atoms with Crippen molar-refractivity contribution in [2.75, 3.05) is 18.5 Å². The average Bonchev–Trinajstić information content (AvgIpc) is 3.28. The Hall–Kier alpha value is -3.16. The fourth-order valence-electron chi connectivity index (χ4n) is 5.41. The first-order chi connectivity index (χ1) is 18.1. The standard InChI is InChI=1S/C29H30ClFN4O2/c30-20-14-21(31)16-22(15-20)33-29-32-17-26-27(18-35(28(26)34-29)23-4-2-1-3-5-23)19-6-8-24(9-7-19)37-25-10-12-36-13-11-25/h6-9,14-18,23,25H,1-5,10-13H2,(H,32,33,34). The maximum absolute atomic E-state index is 13.9. The van der Waals surface area contributed by atoms with Crippen LogP contribution in [0.15, 0.2) is 54.9 Å². The van der Waals surface area contributed by atoms with E-state index in [0.29, 0.717) is 22.7 Å². The minimum absolute atomic E-state index is 0.208. The van der Waals surface area contributed by atoms with Crippen LogP contribution in [0.3, 0.4) is 0 Å². The molecule has 2 aromatic heterocycles. The van der Waals surface area contributed by atoms with Crippen LogP contribution >= 0.6 is 11.6 Å². The highest BCUT2D eigenvalue weighted by Gasteiger charge is 2.22. The number of rotatable bonds is 6. The number of fused-ring (bicyclic) bond motifs is 1. The minimum Gasteiger partial charge on any atom is -0.490 e. The Balaban J connectivity index is 1.33. The largest absolute Gasteiger partial charge is 0.490 e. The zero-order chi connectivity index (χ0) is 25.2. The predicted octanol–water partition coefficient (Wildman–Crippen LogP) is 7.70. The van der Waals surface area contributed by atoms with E-state index < -0.39 is 5.82 Å². The summed E-state index contributed by atoms with van der Waals surface area (Å²) >= 11 is 6.04. The molecule has 6 rings (SSSR count). The molecule has 1 saturated carbocycles. The lowest BCUT2D eigenvalue weighted by Crippen LogP contribution is -2.25. The number of nitrogens with one attached hydrogen (secondary N) is 1. The van der Waals surface area contributed by atoms with Gasteiger partial charge in [0.05, 0.1) is 13.2 Å². The summed E-state index contributed by atoms with van der Waals surface area (Å²) < 4.78 is 27.8. The van der Waals surface area contributed by atoms with Gasteiger partial charge in [-0.25, -0.2) is 9.37 Å². The highest BCUT2D eigenvalue weighted by Crippen LogP contribution is 2.37. The molecule has 2 aromatic carbocycles. The van der Waals surface area contributed by atoms with Crippen molar-refractivity contribution in [3.63, 3.8) is 0 Å². The molecule has 1 N–H and O–H groups in total. The number of nitrogens with zero attached hydrogens (tertiary/aromatic N) is 3. The molecule has 0 radical (unpaired) electrons.